The SMILES string of the molecule is CC/C=C\C/C=C\C/C=C\C/C=C\C/C=C\C/C=C\C/C=C\C/C=C\C/C=C\CCCCCCCCCCCCCCCC(=O)OC(COC(=O)CCCCCCCCCCCCCCCCCCCCCCCCCCCCCCCCCCCCCCC)COC(OCC[N+](C)(C)C)C(=O)O. The third-order valence-electron chi connectivity index (χ3n) is 19.5. The zero-order valence-electron chi connectivity index (χ0n) is 68.5. The van der Waals surface area contributed by atoms with Gasteiger partial charge in [0.2, 0.25) is 0 Å². The summed E-state index contributed by atoms with van der Waals surface area (Å²) >= 11 is 0. The van der Waals surface area contributed by atoms with Crippen LogP contribution in [0.15, 0.2) is 109 Å². The third-order valence-corrected chi connectivity index (χ3v) is 19.5. The first-order chi connectivity index (χ1) is 50.6. The van der Waals surface area contributed by atoms with Crippen molar-refractivity contribution in [1.82, 2.24) is 0 Å². The Balaban J connectivity index is 3.98. The van der Waals surface area contributed by atoms with Crippen molar-refractivity contribution in [3.05, 3.63) is 109 Å². The Hall–Kier alpha value is -4.05. The minimum Gasteiger partial charge on any atom is -0.477 e. The van der Waals surface area contributed by atoms with Gasteiger partial charge in [0.15, 0.2) is 6.10 Å². The normalized spacial score (nSPS) is 13.1. The molecule has 0 saturated carbocycles. The van der Waals surface area contributed by atoms with Gasteiger partial charge in [-0.05, 0) is 83.5 Å². The molecule has 9 nitrogen and oxygen atoms in total. The molecule has 0 saturated heterocycles. The molecule has 0 aliphatic carbocycles. The molecule has 0 aliphatic heterocycles. The van der Waals surface area contributed by atoms with Gasteiger partial charge in [-0.1, -0.05) is 425 Å². The van der Waals surface area contributed by atoms with E-state index in [0.29, 0.717) is 17.4 Å². The van der Waals surface area contributed by atoms with Gasteiger partial charge in [0.1, 0.15) is 13.2 Å². The van der Waals surface area contributed by atoms with Crippen LogP contribution in [-0.2, 0) is 33.3 Å². The number of aliphatic carboxylic acids is 1. The summed E-state index contributed by atoms with van der Waals surface area (Å²) in [6.07, 6.45) is 116. The first-order valence-electron chi connectivity index (χ1n) is 44.1. The molecule has 0 heterocycles. The Morgan fingerprint density at radius 2 is 0.553 bits per heavy atom. The van der Waals surface area contributed by atoms with E-state index in [2.05, 4.69) is 123 Å². The van der Waals surface area contributed by atoms with Gasteiger partial charge in [0, 0.05) is 12.8 Å². The lowest BCUT2D eigenvalue weighted by atomic mass is 10.0. The number of likely N-dealkylation sites (N-methyl/N-ethyl adjacent to an activating group) is 1. The van der Waals surface area contributed by atoms with Crippen molar-refractivity contribution in [1.29, 1.82) is 0 Å². The summed E-state index contributed by atoms with van der Waals surface area (Å²) in [7, 11) is 5.99. The fourth-order valence-corrected chi connectivity index (χ4v) is 12.9. The smallest absolute Gasteiger partial charge is 0.361 e. The molecule has 0 aromatic heterocycles. The number of esters is 2. The van der Waals surface area contributed by atoms with Crippen molar-refractivity contribution in [2.24, 2.45) is 0 Å². The van der Waals surface area contributed by atoms with Crippen LogP contribution < -0.4 is 0 Å². The Labute approximate surface area is 638 Å². The number of ether oxygens (including phenoxy) is 4. The van der Waals surface area contributed by atoms with Crippen molar-refractivity contribution >= 4 is 17.9 Å². The maximum absolute atomic E-state index is 13.0. The van der Waals surface area contributed by atoms with Crippen LogP contribution in [0.25, 0.3) is 0 Å². The van der Waals surface area contributed by atoms with E-state index in [9.17, 15) is 19.5 Å². The molecule has 1 N–H and O–H groups in total. The van der Waals surface area contributed by atoms with E-state index in [-0.39, 0.29) is 32.2 Å². The molecule has 0 radical (unpaired) electrons. The molecule has 0 aromatic rings. The number of carboxylic acid groups (broad SMARTS) is 1. The van der Waals surface area contributed by atoms with Gasteiger partial charge in [-0.15, -0.1) is 0 Å². The van der Waals surface area contributed by atoms with E-state index in [1.165, 1.54) is 283 Å². The van der Waals surface area contributed by atoms with E-state index in [1.807, 2.05) is 21.1 Å². The highest BCUT2D eigenvalue weighted by molar-refractivity contribution is 5.71. The quantitative estimate of drug-likeness (QED) is 0.0211. The highest BCUT2D eigenvalue weighted by Gasteiger charge is 2.25. The molecule has 103 heavy (non-hydrogen) atoms. The molecular formula is C94H168NO8+. The van der Waals surface area contributed by atoms with Gasteiger partial charge in [-0.3, -0.25) is 9.59 Å². The summed E-state index contributed by atoms with van der Waals surface area (Å²) in [5, 5.41) is 9.79. The number of carbonyl (C=O) groups is 3. The number of quaternary nitrogens is 1. The zero-order valence-corrected chi connectivity index (χ0v) is 68.5. The fraction of sp³-hybridized carbons (Fsp3) is 0.777. The minimum absolute atomic E-state index is 0.182. The summed E-state index contributed by atoms with van der Waals surface area (Å²) in [6, 6.07) is 0. The van der Waals surface area contributed by atoms with E-state index < -0.39 is 24.3 Å². The van der Waals surface area contributed by atoms with E-state index in [4.69, 9.17) is 18.9 Å². The molecule has 2 unspecified atom stereocenters. The number of allylic oxidation sites excluding steroid dienone is 18. The predicted octanol–water partition coefficient (Wildman–Crippen LogP) is 28.8. The average molecular weight is 1440 g/mol. The summed E-state index contributed by atoms with van der Waals surface area (Å²) in [4.78, 5) is 37.8. The first-order valence-corrected chi connectivity index (χ1v) is 44.1. The molecule has 0 aromatic carbocycles. The Morgan fingerprint density at radius 1 is 0.301 bits per heavy atom. The number of hydrogen-bond acceptors (Lipinski definition) is 7. The summed E-state index contributed by atoms with van der Waals surface area (Å²) in [6.45, 7) is 4.82. The standard InChI is InChI=1S/C94H167NO8/c1-6-8-10-12-14-16-18-20-22-24-26-28-30-32-34-36-38-40-42-44-45-46-47-49-51-53-55-57-59-61-63-65-67-69-71-73-75-77-79-81-83-85-92(97)103-90(89-102-94(93(98)99)100-87-86-95(3,4)5)88-101-91(96)84-82-80-78-76-74-72-70-68-66-64-62-60-58-56-54-52-50-48-43-41-39-37-35-33-31-29-27-25-23-21-19-17-15-13-11-9-7-2/h8,10,14,16,20,22,26,28,32,34,38,40,44-45,47,49,53,55,90,94H,6-7,9,11-13,15,17-19,21,23-25,27,29-31,33,35-37,39,41-43,46,48,50-52,54,56-89H2,1-5H3/p+1/b10-8-,16-14-,22-20-,28-26-,34-32-,40-38-,45-44-,49-47-,55-53-. The van der Waals surface area contributed by atoms with E-state index in [1.54, 1.807) is 0 Å². The number of hydrogen-bond donors (Lipinski definition) is 1. The molecule has 0 bridgehead atoms. The topological polar surface area (TPSA) is 108 Å². The Bertz CT molecular complexity index is 2070. The van der Waals surface area contributed by atoms with Crippen LogP contribution in [0.4, 0.5) is 0 Å². The fourth-order valence-electron chi connectivity index (χ4n) is 12.9. The molecule has 596 valence electrons. The molecule has 2 atom stereocenters. The molecule has 0 spiro atoms. The predicted molar refractivity (Wildman–Crippen MR) is 447 cm³/mol. The highest BCUT2D eigenvalue weighted by Crippen LogP contribution is 2.20. The zero-order chi connectivity index (χ0) is 74.6. The van der Waals surface area contributed by atoms with Gasteiger partial charge >= 0.3 is 17.9 Å². The first kappa shape index (κ1) is 98.9. The highest BCUT2D eigenvalue weighted by atomic mass is 16.7. The van der Waals surface area contributed by atoms with Crippen LogP contribution >= 0.6 is 0 Å². The van der Waals surface area contributed by atoms with Crippen LogP contribution in [0.3, 0.4) is 0 Å². The maximum Gasteiger partial charge on any atom is 0.361 e. The second-order valence-electron chi connectivity index (χ2n) is 30.8. The number of carboxylic acids is 1. The number of carbonyl (C=O) groups excluding carboxylic acids is 2. The van der Waals surface area contributed by atoms with Crippen LogP contribution in [0, 0.1) is 0 Å². The number of rotatable bonds is 82. The monoisotopic (exact) mass is 1440 g/mol. The van der Waals surface area contributed by atoms with Crippen molar-refractivity contribution in [2.45, 2.75) is 424 Å². The lowest BCUT2D eigenvalue weighted by Crippen LogP contribution is -2.40. The van der Waals surface area contributed by atoms with Gasteiger partial charge in [-0.2, -0.15) is 0 Å². The van der Waals surface area contributed by atoms with Gasteiger partial charge in [0.05, 0.1) is 34.4 Å². The van der Waals surface area contributed by atoms with Crippen molar-refractivity contribution in [3.63, 3.8) is 0 Å². The lowest BCUT2D eigenvalue weighted by Gasteiger charge is -2.25. The van der Waals surface area contributed by atoms with Gasteiger partial charge in [-0.25, -0.2) is 4.79 Å². The molecule has 0 aliphatic rings. The summed E-state index contributed by atoms with van der Waals surface area (Å²) < 4.78 is 23.1. The summed E-state index contributed by atoms with van der Waals surface area (Å²) in [5.41, 5.74) is 0. The van der Waals surface area contributed by atoms with Gasteiger partial charge < -0.3 is 28.5 Å². The Kier molecular flexibility index (Phi) is 80.3. The Morgan fingerprint density at radius 3 is 0.825 bits per heavy atom. The minimum atomic E-state index is -1.52. The van der Waals surface area contributed by atoms with Crippen LogP contribution in [0.2, 0.25) is 0 Å². The van der Waals surface area contributed by atoms with Crippen LogP contribution in [0.1, 0.15) is 412 Å². The summed E-state index contributed by atoms with van der Waals surface area (Å²) in [5.74, 6) is -1.99. The molecule has 9 heteroatoms. The average Bonchev–Trinajstić information content (AvgIpc) is 1.01. The second-order valence-corrected chi connectivity index (χ2v) is 30.8. The molecule has 0 amide bonds. The number of unbranched alkanes of at least 4 members (excludes halogenated alkanes) is 49. The van der Waals surface area contributed by atoms with Crippen LogP contribution in [-0.4, -0.2) is 87.4 Å². The maximum atomic E-state index is 13.0. The van der Waals surface area contributed by atoms with Gasteiger partial charge in [0.25, 0.3) is 6.29 Å². The second kappa shape index (κ2) is 83.6. The molecule has 0 rings (SSSR count). The number of nitrogens with zero attached hydrogens (tertiary/aromatic N) is 1. The van der Waals surface area contributed by atoms with E-state index >= 15 is 0 Å². The third kappa shape index (κ3) is 85.1. The molecular weight excluding hydrogens is 1270 g/mol. The van der Waals surface area contributed by atoms with Crippen molar-refractivity contribution < 1.29 is 42.9 Å². The van der Waals surface area contributed by atoms with Crippen LogP contribution in [0.5, 0.6) is 0 Å². The van der Waals surface area contributed by atoms with Crippen molar-refractivity contribution in [3.8, 4) is 0 Å². The van der Waals surface area contributed by atoms with E-state index in [0.717, 1.165) is 103 Å². The molecule has 0 fully saturated rings. The lowest BCUT2D eigenvalue weighted by molar-refractivity contribution is -0.870. The van der Waals surface area contributed by atoms with Crippen molar-refractivity contribution in [2.75, 3.05) is 47.5 Å². The largest absolute Gasteiger partial charge is 0.477 e.